The van der Waals surface area contributed by atoms with E-state index in [-0.39, 0.29) is 11.9 Å². The second kappa shape index (κ2) is 9.59. The van der Waals surface area contributed by atoms with Crippen LogP contribution in [0.4, 0.5) is 0 Å². The lowest BCUT2D eigenvalue weighted by atomic mass is 10.0. The fourth-order valence-electron chi connectivity index (χ4n) is 2.73. The van der Waals surface area contributed by atoms with Gasteiger partial charge in [-0.05, 0) is 42.7 Å². The summed E-state index contributed by atoms with van der Waals surface area (Å²) >= 11 is 6.23. The predicted molar refractivity (Wildman–Crippen MR) is 99.1 cm³/mol. The Morgan fingerprint density at radius 1 is 1.31 bits per heavy atom. The maximum Gasteiger partial charge on any atom is 0.351 e. The second-order valence-electron chi connectivity index (χ2n) is 6.24. The number of nitrogens with one attached hydrogen (secondary N) is 1. The van der Waals surface area contributed by atoms with Crippen molar-refractivity contribution in [1.29, 1.82) is 0 Å². The molecule has 0 radical (unpaired) electrons. The van der Waals surface area contributed by atoms with Gasteiger partial charge in [-0.25, -0.2) is 4.79 Å². The third-order valence-corrected chi connectivity index (χ3v) is 4.55. The van der Waals surface area contributed by atoms with Gasteiger partial charge in [-0.3, -0.25) is 4.79 Å². The van der Waals surface area contributed by atoms with Gasteiger partial charge in [-0.1, -0.05) is 24.6 Å². The topological polar surface area (TPSA) is 73.9 Å². The van der Waals surface area contributed by atoms with Crippen LogP contribution in [0.5, 0.6) is 5.75 Å². The van der Waals surface area contributed by atoms with Gasteiger partial charge in [0.1, 0.15) is 5.75 Å². The maximum atomic E-state index is 12.1. The lowest BCUT2D eigenvalue weighted by Crippen LogP contribution is -2.37. The van der Waals surface area contributed by atoms with Crippen LogP contribution in [-0.2, 0) is 19.1 Å². The molecule has 2 atom stereocenters. The van der Waals surface area contributed by atoms with Crippen molar-refractivity contribution in [2.75, 3.05) is 27.3 Å². The number of fused-ring (bicyclic) bond motifs is 1. The number of hydrogen-bond acceptors (Lipinski definition) is 6. The highest BCUT2D eigenvalue weighted by molar-refractivity contribution is 6.32. The molecule has 6 nitrogen and oxygen atoms in total. The molecule has 1 N–H and O–H groups in total. The molecule has 0 spiro atoms. The van der Waals surface area contributed by atoms with E-state index in [1.54, 1.807) is 18.2 Å². The van der Waals surface area contributed by atoms with Crippen LogP contribution in [0.15, 0.2) is 23.8 Å². The first-order valence-electron chi connectivity index (χ1n) is 8.47. The van der Waals surface area contributed by atoms with Crippen LogP contribution in [0, 0.1) is 5.92 Å². The van der Waals surface area contributed by atoms with Gasteiger partial charge < -0.3 is 19.5 Å². The van der Waals surface area contributed by atoms with Gasteiger partial charge in [0.05, 0.1) is 19.2 Å². The van der Waals surface area contributed by atoms with Gasteiger partial charge in [0.2, 0.25) is 6.10 Å². The zero-order chi connectivity index (χ0) is 19.1. The van der Waals surface area contributed by atoms with Crippen LogP contribution < -0.4 is 10.1 Å². The quantitative estimate of drug-likeness (QED) is 0.551. The Labute approximate surface area is 158 Å². The Morgan fingerprint density at radius 3 is 2.77 bits per heavy atom. The SMILES string of the molecule is COC(=O)C[C@@H](C)CCNCC1=Cc2c(Cl)cccc2OC1C(=O)OC. The molecule has 2 rings (SSSR count). The van der Waals surface area contributed by atoms with Crippen LogP contribution in [0.3, 0.4) is 0 Å². The van der Waals surface area contributed by atoms with Crippen molar-refractivity contribution in [2.45, 2.75) is 25.9 Å². The fraction of sp³-hybridized carbons (Fsp3) is 0.474. The fourth-order valence-corrected chi connectivity index (χ4v) is 2.95. The molecule has 0 saturated carbocycles. The molecule has 7 heteroatoms. The van der Waals surface area contributed by atoms with E-state index >= 15 is 0 Å². The number of hydrogen-bond donors (Lipinski definition) is 1. The van der Waals surface area contributed by atoms with Crippen molar-refractivity contribution in [2.24, 2.45) is 5.92 Å². The Morgan fingerprint density at radius 2 is 2.08 bits per heavy atom. The minimum absolute atomic E-state index is 0.207. The molecule has 1 unspecified atom stereocenters. The number of carbonyl (C=O) groups is 2. The standard InChI is InChI=1S/C19H24ClNO5/c1-12(9-17(22)24-2)7-8-21-11-13-10-14-15(20)5-4-6-16(14)26-18(13)19(23)25-3/h4-6,10,12,18,21H,7-9,11H2,1-3H3/t12-,18?/m0/s1. The number of rotatable bonds is 8. The predicted octanol–water partition coefficient (Wildman–Crippen LogP) is 2.84. The number of carbonyl (C=O) groups excluding carboxylic acids is 2. The van der Waals surface area contributed by atoms with E-state index in [0.717, 1.165) is 17.6 Å². The van der Waals surface area contributed by atoms with Crippen molar-refractivity contribution < 1.29 is 23.8 Å². The normalized spacial score (nSPS) is 16.8. The zero-order valence-electron chi connectivity index (χ0n) is 15.2. The smallest absolute Gasteiger partial charge is 0.351 e. The molecule has 0 bridgehead atoms. The third kappa shape index (κ3) is 5.22. The van der Waals surface area contributed by atoms with E-state index < -0.39 is 12.1 Å². The Hall–Kier alpha value is -2.05. The van der Waals surface area contributed by atoms with Crippen LogP contribution >= 0.6 is 11.6 Å². The largest absolute Gasteiger partial charge is 0.474 e. The summed E-state index contributed by atoms with van der Waals surface area (Å²) in [4.78, 5) is 23.3. The zero-order valence-corrected chi connectivity index (χ0v) is 16.0. The number of halogens is 1. The van der Waals surface area contributed by atoms with Crippen LogP contribution in [0.1, 0.15) is 25.3 Å². The van der Waals surface area contributed by atoms with Gasteiger partial charge in [0, 0.05) is 18.5 Å². The molecule has 0 saturated heterocycles. The first-order valence-corrected chi connectivity index (χ1v) is 8.85. The Balaban J connectivity index is 1.99. The van der Waals surface area contributed by atoms with Gasteiger partial charge >= 0.3 is 11.9 Å². The molecule has 1 aliphatic rings. The molecule has 0 amide bonds. The lowest BCUT2D eigenvalue weighted by molar-refractivity contribution is -0.147. The molecule has 0 aromatic heterocycles. The number of esters is 2. The van der Waals surface area contributed by atoms with Gasteiger partial charge in [0.15, 0.2) is 0 Å². The minimum atomic E-state index is -0.800. The van der Waals surface area contributed by atoms with E-state index in [4.69, 9.17) is 21.1 Å². The van der Waals surface area contributed by atoms with Crippen LogP contribution in [-0.4, -0.2) is 45.4 Å². The highest BCUT2D eigenvalue weighted by Gasteiger charge is 2.30. The summed E-state index contributed by atoms with van der Waals surface area (Å²) in [7, 11) is 2.72. The van der Waals surface area contributed by atoms with Crippen molar-refractivity contribution in [3.63, 3.8) is 0 Å². The Bertz CT molecular complexity index is 689. The van der Waals surface area contributed by atoms with Crippen molar-refractivity contribution in [3.8, 4) is 5.75 Å². The van der Waals surface area contributed by atoms with Gasteiger partial charge in [-0.2, -0.15) is 0 Å². The summed E-state index contributed by atoms with van der Waals surface area (Å²) in [6.07, 6.45) is 2.26. The molecule has 0 aliphatic carbocycles. The molecule has 1 heterocycles. The summed E-state index contributed by atoms with van der Waals surface area (Å²) in [6.45, 7) is 3.14. The van der Waals surface area contributed by atoms with Gasteiger partial charge in [-0.15, -0.1) is 0 Å². The summed E-state index contributed by atoms with van der Waals surface area (Å²) in [5, 5.41) is 3.85. The molecule has 142 valence electrons. The molecule has 26 heavy (non-hydrogen) atoms. The average molecular weight is 382 g/mol. The molecular weight excluding hydrogens is 358 g/mol. The molecule has 0 fully saturated rings. The number of methoxy groups -OCH3 is 2. The minimum Gasteiger partial charge on any atom is -0.474 e. The second-order valence-corrected chi connectivity index (χ2v) is 6.65. The third-order valence-electron chi connectivity index (χ3n) is 4.23. The maximum absolute atomic E-state index is 12.1. The molecule has 1 aromatic rings. The van der Waals surface area contributed by atoms with E-state index in [1.165, 1.54) is 14.2 Å². The highest BCUT2D eigenvalue weighted by Crippen LogP contribution is 2.34. The molecular formula is C19H24ClNO5. The van der Waals surface area contributed by atoms with E-state index in [0.29, 0.717) is 30.3 Å². The van der Waals surface area contributed by atoms with Crippen molar-refractivity contribution in [3.05, 3.63) is 34.4 Å². The van der Waals surface area contributed by atoms with Gasteiger partial charge in [0.25, 0.3) is 0 Å². The lowest BCUT2D eigenvalue weighted by Gasteiger charge is -2.26. The summed E-state index contributed by atoms with van der Waals surface area (Å²) in [5.74, 6) is 0.0992. The van der Waals surface area contributed by atoms with Crippen molar-refractivity contribution >= 4 is 29.6 Å². The van der Waals surface area contributed by atoms with Crippen LogP contribution in [0.2, 0.25) is 5.02 Å². The van der Waals surface area contributed by atoms with E-state index in [2.05, 4.69) is 10.1 Å². The Kier molecular flexibility index (Phi) is 7.48. The number of benzene rings is 1. The summed E-state index contributed by atoms with van der Waals surface area (Å²) in [5.41, 5.74) is 1.50. The first kappa shape index (κ1) is 20.3. The first-order chi connectivity index (χ1) is 12.5. The monoisotopic (exact) mass is 381 g/mol. The number of ether oxygens (including phenoxy) is 3. The van der Waals surface area contributed by atoms with E-state index in [9.17, 15) is 9.59 Å². The molecule has 1 aromatic carbocycles. The van der Waals surface area contributed by atoms with Crippen molar-refractivity contribution in [1.82, 2.24) is 5.32 Å². The molecule has 1 aliphatic heterocycles. The van der Waals surface area contributed by atoms with Crippen LogP contribution in [0.25, 0.3) is 6.08 Å². The summed E-state index contributed by atoms with van der Waals surface area (Å²) in [6, 6.07) is 5.32. The summed E-state index contributed by atoms with van der Waals surface area (Å²) < 4.78 is 15.3. The highest BCUT2D eigenvalue weighted by atomic mass is 35.5. The van der Waals surface area contributed by atoms with E-state index in [1.807, 2.05) is 13.0 Å². The average Bonchev–Trinajstić information content (AvgIpc) is 2.64.